The smallest absolute Gasteiger partial charge is 0.213 e. The van der Waals surface area contributed by atoms with Crippen LogP contribution in [0.2, 0.25) is 0 Å². The highest BCUT2D eigenvalue weighted by Crippen LogP contribution is 2.16. The molecule has 2 heterocycles. The van der Waals surface area contributed by atoms with Crippen molar-refractivity contribution in [2.75, 3.05) is 26.4 Å². The zero-order chi connectivity index (χ0) is 12.8. The minimum atomic E-state index is 0.522. The summed E-state index contributed by atoms with van der Waals surface area (Å²) in [5.74, 6) is 1.24. The van der Waals surface area contributed by atoms with Crippen molar-refractivity contribution in [1.29, 1.82) is 0 Å². The highest BCUT2D eigenvalue weighted by atomic mass is 16.5. The summed E-state index contributed by atoms with van der Waals surface area (Å²) in [7, 11) is 0. The van der Waals surface area contributed by atoms with Gasteiger partial charge in [-0.3, -0.25) is 0 Å². The number of nitrogens with one attached hydrogen (secondary N) is 1. The number of aromatic nitrogens is 1. The predicted molar refractivity (Wildman–Crippen MR) is 70.8 cm³/mol. The second-order valence-electron chi connectivity index (χ2n) is 4.71. The van der Waals surface area contributed by atoms with E-state index in [2.05, 4.69) is 23.3 Å². The molecule has 1 aliphatic heterocycles. The van der Waals surface area contributed by atoms with Gasteiger partial charge in [-0.2, -0.15) is 0 Å². The lowest BCUT2D eigenvalue weighted by Gasteiger charge is -2.11. The van der Waals surface area contributed by atoms with Crippen LogP contribution >= 0.6 is 0 Å². The quantitative estimate of drug-likeness (QED) is 0.837. The SMILES string of the molecule is CCNCc1ccc(OCC2CCOC2)nc1C. The lowest BCUT2D eigenvalue weighted by Crippen LogP contribution is -2.14. The van der Waals surface area contributed by atoms with Gasteiger partial charge in [-0.05, 0) is 25.5 Å². The molecule has 0 aromatic carbocycles. The van der Waals surface area contributed by atoms with E-state index in [1.807, 2.05) is 13.0 Å². The van der Waals surface area contributed by atoms with E-state index in [-0.39, 0.29) is 0 Å². The van der Waals surface area contributed by atoms with Crippen LogP contribution in [-0.4, -0.2) is 31.3 Å². The zero-order valence-corrected chi connectivity index (χ0v) is 11.2. The minimum absolute atomic E-state index is 0.522. The largest absolute Gasteiger partial charge is 0.477 e. The third kappa shape index (κ3) is 3.68. The highest BCUT2D eigenvalue weighted by molar-refractivity contribution is 5.24. The maximum absolute atomic E-state index is 5.72. The van der Waals surface area contributed by atoms with Gasteiger partial charge in [-0.1, -0.05) is 13.0 Å². The summed E-state index contributed by atoms with van der Waals surface area (Å²) in [6, 6.07) is 4.04. The van der Waals surface area contributed by atoms with Crippen LogP contribution in [0.1, 0.15) is 24.6 Å². The molecule has 1 aromatic heterocycles. The van der Waals surface area contributed by atoms with E-state index in [4.69, 9.17) is 9.47 Å². The van der Waals surface area contributed by atoms with Crippen molar-refractivity contribution in [3.63, 3.8) is 0 Å². The van der Waals surface area contributed by atoms with Gasteiger partial charge in [-0.25, -0.2) is 4.98 Å². The Morgan fingerprint density at radius 3 is 3.06 bits per heavy atom. The molecule has 0 saturated carbocycles. The molecule has 1 N–H and O–H groups in total. The van der Waals surface area contributed by atoms with Crippen LogP contribution in [0.4, 0.5) is 0 Å². The summed E-state index contributed by atoms with van der Waals surface area (Å²) in [5.41, 5.74) is 2.27. The van der Waals surface area contributed by atoms with Gasteiger partial charge in [0.2, 0.25) is 5.88 Å². The van der Waals surface area contributed by atoms with Gasteiger partial charge in [0.15, 0.2) is 0 Å². The number of nitrogens with zero attached hydrogens (tertiary/aromatic N) is 1. The normalized spacial score (nSPS) is 19.1. The Bertz CT molecular complexity index is 376. The van der Waals surface area contributed by atoms with Crippen molar-refractivity contribution in [2.24, 2.45) is 5.92 Å². The predicted octanol–water partition coefficient (Wildman–Crippen LogP) is 1.91. The number of hydrogen-bond donors (Lipinski definition) is 1. The lowest BCUT2D eigenvalue weighted by molar-refractivity contribution is 0.165. The van der Waals surface area contributed by atoms with Crippen molar-refractivity contribution < 1.29 is 9.47 Å². The number of hydrogen-bond acceptors (Lipinski definition) is 4. The molecular weight excluding hydrogens is 228 g/mol. The second kappa shape index (κ2) is 6.71. The van der Waals surface area contributed by atoms with Gasteiger partial charge in [0.25, 0.3) is 0 Å². The maximum Gasteiger partial charge on any atom is 0.213 e. The van der Waals surface area contributed by atoms with Crippen LogP contribution in [0.15, 0.2) is 12.1 Å². The van der Waals surface area contributed by atoms with E-state index in [0.717, 1.165) is 44.3 Å². The van der Waals surface area contributed by atoms with E-state index in [1.165, 1.54) is 5.56 Å². The summed E-state index contributed by atoms with van der Waals surface area (Å²) in [5, 5.41) is 3.30. The summed E-state index contributed by atoms with van der Waals surface area (Å²) in [4.78, 5) is 4.48. The van der Waals surface area contributed by atoms with Crippen LogP contribution in [0.25, 0.3) is 0 Å². The number of aryl methyl sites for hydroxylation is 1. The van der Waals surface area contributed by atoms with Crippen molar-refractivity contribution in [2.45, 2.75) is 26.8 Å². The van der Waals surface area contributed by atoms with Crippen molar-refractivity contribution in [1.82, 2.24) is 10.3 Å². The molecule has 1 fully saturated rings. The van der Waals surface area contributed by atoms with Crippen LogP contribution in [0.5, 0.6) is 5.88 Å². The summed E-state index contributed by atoms with van der Waals surface area (Å²) < 4.78 is 11.0. The summed E-state index contributed by atoms with van der Waals surface area (Å²) >= 11 is 0. The Labute approximate surface area is 109 Å². The average Bonchev–Trinajstić information content (AvgIpc) is 2.88. The fourth-order valence-corrected chi connectivity index (χ4v) is 2.01. The number of rotatable bonds is 6. The molecule has 0 aliphatic carbocycles. The Balaban J connectivity index is 1.87. The Kier molecular flexibility index (Phi) is 4.96. The standard InChI is InChI=1S/C14H22N2O2/c1-3-15-8-13-4-5-14(16-11(13)2)18-10-12-6-7-17-9-12/h4-5,12,15H,3,6-10H2,1-2H3. The Hall–Kier alpha value is -1.13. The first-order valence-corrected chi connectivity index (χ1v) is 6.67. The summed E-state index contributed by atoms with van der Waals surface area (Å²) in [6.45, 7) is 8.35. The first kappa shape index (κ1) is 13.3. The molecule has 18 heavy (non-hydrogen) atoms. The van der Waals surface area contributed by atoms with Crippen molar-refractivity contribution in [3.8, 4) is 5.88 Å². The molecule has 0 amide bonds. The van der Waals surface area contributed by atoms with E-state index < -0.39 is 0 Å². The van der Waals surface area contributed by atoms with Gasteiger partial charge in [-0.15, -0.1) is 0 Å². The van der Waals surface area contributed by atoms with Crippen LogP contribution in [-0.2, 0) is 11.3 Å². The van der Waals surface area contributed by atoms with E-state index in [9.17, 15) is 0 Å². The first-order valence-electron chi connectivity index (χ1n) is 6.67. The molecular formula is C14H22N2O2. The average molecular weight is 250 g/mol. The molecule has 0 spiro atoms. The second-order valence-corrected chi connectivity index (χ2v) is 4.71. The molecule has 0 bridgehead atoms. The van der Waals surface area contributed by atoms with Crippen LogP contribution in [0.3, 0.4) is 0 Å². The molecule has 1 atom stereocenters. The Morgan fingerprint density at radius 1 is 1.50 bits per heavy atom. The topological polar surface area (TPSA) is 43.4 Å². The van der Waals surface area contributed by atoms with Gasteiger partial charge < -0.3 is 14.8 Å². The molecule has 4 heteroatoms. The molecule has 100 valence electrons. The van der Waals surface area contributed by atoms with E-state index in [0.29, 0.717) is 12.5 Å². The van der Waals surface area contributed by atoms with Gasteiger partial charge in [0.05, 0.1) is 13.2 Å². The van der Waals surface area contributed by atoms with Crippen molar-refractivity contribution in [3.05, 3.63) is 23.4 Å². The molecule has 1 aromatic rings. The van der Waals surface area contributed by atoms with Gasteiger partial charge in [0, 0.05) is 30.8 Å². The van der Waals surface area contributed by atoms with E-state index >= 15 is 0 Å². The van der Waals surface area contributed by atoms with Crippen molar-refractivity contribution >= 4 is 0 Å². The maximum atomic E-state index is 5.72. The Morgan fingerprint density at radius 2 is 2.39 bits per heavy atom. The first-order chi connectivity index (χ1) is 8.79. The monoisotopic (exact) mass is 250 g/mol. The zero-order valence-electron chi connectivity index (χ0n) is 11.2. The summed E-state index contributed by atoms with van der Waals surface area (Å²) in [6.07, 6.45) is 1.09. The molecule has 4 nitrogen and oxygen atoms in total. The molecule has 1 saturated heterocycles. The van der Waals surface area contributed by atoms with Crippen LogP contribution < -0.4 is 10.1 Å². The van der Waals surface area contributed by atoms with E-state index in [1.54, 1.807) is 0 Å². The third-order valence-corrected chi connectivity index (χ3v) is 3.23. The minimum Gasteiger partial charge on any atom is -0.477 e. The molecule has 2 rings (SSSR count). The molecule has 1 aliphatic rings. The lowest BCUT2D eigenvalue weighted by atomic mass is 10.1. The highest BCUT2D eigenvalue weighted by Gasteiger charge is 2.16. The van der Waals surface area contributed by atoms with Crippen LogP contribution in [0, 0.1) is 12.8 Å². The van der Waals surface area contributed by atoms with Gasteiger partial charge in [0.1, 0.15) is 0 Å². The fourth-order valence-electron chi connectivity index (χ4n) is 2.01. The third-order valence-electron chi connectivity index (χ3n) is 3.23. The van der Waals surface area contributed by atoms with Gasteiger partial charge >= 0.3 is 0 Å². The molecule has 0 radical (unpaired) electrons. The number of pyridine rings is 1. The fraction of sp³-hybridized carbons (Fsp3) is 0.643. The number of ether oxygens (including phenoxy) is 2. The molecule has 1 unspecified atom stereocenters.